The van der Waals surface area contributed by atoms with Gasteiger partial charge in [0.25, 0.3) is 20.2 Å². The van der Waals surface area contributed by atoms with Crippen LogP contribution in [0.2, 0.25) is 0 Å². The lowest BCUT2D eigenvalue weighted by molar-refractivity contribution is -0.215. The van der Waals surface area contributed by atoms with Gasteiger partial charge >= 0.3 is 0 Å². The predicted octanol–water partition coefficient (Wildman–Crippen LogP) is 1.52. The fraction of sp³-hybridized carbons (Fsp3) is 0.400. The van der Waals surface area contributed by atoms with E-state index in [4.69, 9.17) is 17.8 Å². The molecule has 0 aromatic heterocycles. The molecule has 11 heteroatoms. The van der Waals surface area contributed by atoms with Gasteiger partial charge in [-0.3, -0.25) is 8.37 Å². The van der Waals surface area contributed by atoms with Crippen LogP contribution in [0.4, 0.5) is 0 Å². The highest BCUT2D eigenvalue weighted by atomic mass is 32.2. The van der Waals surface area contributed by atoms with Gasteiger partial charge in [-0.2, -0.15) is 16.8 Å². The Bertz CT molecular complexity index is 1080. The number of hydrogen-bond donors (Lipinski definition) is 1. The SMILES string of the molecule is Cc1ccc(S(=O)(=O)OCC(O)C2OCOCC2OS(=O)(=O)c2ccc(C)cc2)cc1. The van der Waals surface area contributed by atoms with Gasteiger partial charge in [0.15, 0.2) is 0 Å². The summed E-state index contributed by atoms with van der Waals surface area (Å²) < 4.78 is 70.4. The van der Waals surface area contributed by atoms with Crippen molar-refractivity contribution < 1.29 is 39.8 Å². The third-order valence-electron chi connectivity index (χ3n) is 4.64. The Morgan fingerprint density at radius 2 is 1.45 bits per heavy atom. The van der Waals surface area contributed by atoms with Crippen LogP contribution in [0.15, 0.2) is 58.3 Å². The molecule has 0 amide bonds. The van der Waals surface area contributed by atoms with Crippen LogP contribution in [0.1, 0.15) is 11.1 Å². The van der Waals surface area contributed by atoms with E-state index < -0.39 is 45.2 Å². The molecule has 1 aliphatic heterocycles. The normalized spacial score (nSPS) is 21.0. The smallest absolute Gasteiger partial charge is 0.297 e. The molecule has 2 aromatic carbocycles. The Morgan fingerprint density at radius 3 is 2.00 bits per heavy atom. The molecular formula is C20H24O9S2. The van der Waals surface area contributed by atoms with Crippen LogP contribution in [-0.4, -0.2) is 60.3 Å². The van der Waals surface area contributed by atoms with Gasteiger partial charge in [0, 0.05) is 0 Å². The highest BCUT2D eigenvalue weighted by Gasteiger charge is 2.38. The van der Waals surface area contributed by atoms with E-state index in [1.165, 1.54) is 24.3 Å². The standard InChI is InChI=1S/C20H24O9S2/c1-14-3-7-16(8-4-14)30(22,23)28-11-18(21)20-19(12-26-13-27-20)29-31(24,25)17-9-5-15(2)6-10-17/h3-10,18-21H,11-13H2,1-2H3. The zero-order chi connectivity index (χ0) is 22.6. The Kier molecular flexibility index (Phi) is 7.47. The van der Waals surface area contributed by atoms with E-state index >= 15 is 0 Å². The van der Waals surface area contributed by atoms with Crippen LogP contribution in [0.3, 0.4) is 0 Å². The highest BCUT2D eigenvalue weighted by molar-refractivity contribution is 7.87. The van der Waals surface area contributed by atoms with Crippen molar-refractivity contribution in [3.8, 4) is 0 Å². The quantitative estimate of drug-likeness (QED) is 0.569. The minimum atomic E-state index is -4.16. The van der Waals surface area contributed by atoms with Crippen molar-refractivity contribution in [2.24, 2.45) is 0 Å². The molecule has 3 atom stereocenters. The molecule has 1 fully saturated rings. The predicted molar refractivity (Wildman–Crippen MR) is 109 cm³/mol. The Labute approximate surface area is 181 Å². The highest BCUT2D eigenvalue weighted by Crippen LogP contribution is 2.22. The van der Waals surface area contributed by atoms with Crippen LogP contribution >= 0.6 is 0 Å². The third-order valence-corrected chi connectivity index (χ3v) is 7.28. The second-order valence-electron chi connectivity index (χ2n) is 7.14. The number of rotatable bonds is 8. The molecule has 0 aliphatic carbocycles. The maximum absolute atomic E-state index is 12.6. The summed E-state index contributed by atoms with van der Waals surface area (Å²) in [5.74, 6) is 0. The van der Waals surface area contributed by atoms with E-state index in [9.17, 15) is 21.9 Å². The molecular weight excluding hydrogens is 448 g/mol. The van der Waals surface area contributed by atoms with E-state index in [1.54, 1.807) is 24.3 Å². The number of benzene rings is 2. The number of hydrogen-bond acceptors (Lipinski definition) is 9. The Hall–Kier alpha value is -1.86. The van der Waals surface area contributed by atoms with E-state index in [2.05, 4.69) is 0 Å². The molecule has 1 heterocycles. The summed E-state index contributed by atoms with van der Waals surface area (Å²) in [6.07, 6.45) is -3.86. The first kappa shape index (κ1) is 23.8. The molecule has 1 N–H and O–H groups in total. The average Bonchev–Trinajstić information content (AvgIpc) is 2.73. The third kappa shape index (κ3) is 6.10. The van der Waals surface area contributed by atoms with Crippen molar-refractivity contribution in [1.29, 1.82) is 0 Å². The number of aliphatic hydroxyl groups is 1. The summed E-state index contributed by atoms with van der Waals surface area (Å²) in [7, 11) is -8.28. The van der Waals surface area contributed by atoms with Gasteiger partial charge in [0.1, 0.15) is 25.1 Å². The van der Waals surface area contributed by atoms with Crippen molar-refractivity contribution >= 4 is 20.2 Å². The maximum atomic E-state index is 12.6. The molecule has 1 aliphatic rings. The minimum absolute atomic E-state index is 0.0601. The van der Waals surface area contributed by atoms with Crippen molar-refractivity contribution in [1.82, 2.24) is 0 Å². The summed E-state index contributed by atoms with van der Waals surface area (Å²) in [6.45, 7) is 2.60. The molecule has 1 saturated heterocycles. The first-order valence-electron chi connectivity index (χ1n) is 9.42. The molecule has 0 bridgehead atoms. The van der Waals surface area contributed by atoms with E-state index in [0.29, 0.717) is 0 Å². The van der Waals surface area contributed by atoms with Crippen molar-refractivity contribution in [2.45, 2.75) is 42.0 Å². The number of aliphatic hydroxyl groups excluding tert-OH is 1. The summed E-state index contributed by atoms with van der Waals surface area (Å²) >= 11 is 0. The average molecular weight is 473 g/mol. The zero-order valence-electron chi connectivity index (χ0n) is 17.0. The van der Waals surface area contributed by atoms with Crippen LogP contribution in [-0.2, 0) is 38.1 Å². The number of ether oxygens (including phenoxy) is 2. The van der Waals surface area contributed by atoms with Gasteiger partial charge in [0.2, 0.25) is 0 Å². The first-order chi connectivity index (χ1) is 14.6. The second-order valence-corrected chi connectivity index (χ2v) is 10.3. The summed E-state index contributed by atoms with van der Waals surface area (Å²) in [5.41, 5.74) is 1.76. The van der Waals surface area contributed by atoms with Gasteiger partial charge in [0.05, 0.1) is 23.0 Å². The summed E-state index contributed by atoms with van der Waals surface area (Å²) in [5, 5.41) is 10.5. The number of aryl methyl sites for hydroxylation is 2. The Balaban J connectivity index is 1.68. The molecule has 9 nitrogen and oxygen atoms in total. The largest absolute Gasteiger partial charge is 0.388 e. The lowest BCUT2D eigenvalue weighted by Gasteiger charge is -2.33. The first-order valence-corrected chi connectivity index (χ1v) is 12.2. The van der Waals surface area contributed by atoms with Crippen LogP contribution in [0.5, 0.6) is 0 Å². The van der Waals surface area contributed by atoms with Crippen LogP contribution in [0, 0.1) is 13.8 Å². The van der Waals surface area contributed by atoms with E-state index in [0.717, 1.165) is 11.1 Å². The van der Waals surface area contributed by atoms with Crippen LogP contribution in [0.25, 0.3) is 0 Å². The van der Waals surface area contributed by atoms with Gasteiger partial charge in [-0.1, -0.05) is 35.4 Å². The van der Waals surface area contributed by atoms with Gasteiger partial charge in [-0.25, -0.2) is 0 Å². The summed E-state index contributed by atoms with van der Waals surface area (Å²) in [4.78, 5) is -0.122. The minimum Gasteiger partial charge on any atom is -0.388 e. The van der Waals surface area contributed by atoms with Gasteiger partial charge < -0.3 is 14.6 Å². The molecule has 0 radical (unpaired) electrons. The molecule has 3 unspecified atom stereocenters. The lowest BCUT2D eigenvalue weighted by Crippen LogP contribution is -2.50. The van der Waals surface area contributed by atoms with E-state index in [1.807, 2.05) is 13.8 Å². The molecule has 170 valence electrons. The van der Waals surface area contributed by atoms with Gasteiger partial charge in [-0.15, -0.1) is 0 Å². The maximum Gasteiger partial charge on any atom is 0.297 e. The van der Waals surface area contributed by atoms with Crippen molar-refractivity contribution in [2.75, 3.05) is 20.0 Å². The topological polar surface area (TPSA) is 125 Å². The molecule has 2 aromatic rings. The summed E-state index contributed by atoms with van der Waals surface area (Å²) in [6, 6.07) is 12.1. The fourth-order valence-corrected chi connectivity index (χ4v) is 4.88. The fourth-order valence-electron chi connectivity index (χ4n) is 2.88. The second kappa shape index (κ2) is 9.74. The Morgan fingerprint density at radius 1 is 0.935 bits per heavy atom. The van der Waals surface area contributed by atoms with Crippen LogP contribution < -0.4 is 0 Å². The molecule has 0 saturated carbocycles. The lowest BCUT2D eigenvalue weighted by atomic mass is 10.1. The molecule has 31 heavy (non-hydrogen) atoms. The van der Waals surface area contributed by atoms with Crippen molar-refractivity contribution in [3.63, 3.8) is 0 Å². The van der Waals surface area contributed by atoms with Crippen molar-refractivity contribution in [3.05, 3.63) is 59.7 Å². The monoisotopic (exact) mass is 472 g/mol. The zero-order valence-corrected chi connectivity index (χ0v) is 18.6. The van der Waals surface area contributed by atoms with Gasteiger partial charge in [-0.05, 0) is 38.1 Å². The molecule has 3 rings (SSSR count). The molecule has 0 spiro atoms. The van der Waals surface area contributed by atoms with E-state index in [-0.39, 0.29) is 23.2 Å².